The average molecular weight is 222 g/mol. The second-order valence-corrected chi connectivity index (χ2v) is 3.11. The largest absolute Gasteiger partial charge is 0.436 e. The lowest BCUT2D eigenvalue weighted by Crippen LogP contribution is -1.93. The molecule has 0 spiro atoms. The third-order valence-corrected chi connectivity index (χ3v) is 1.87. The fourth-order valence-electron chi connectivity index (χ4n) is 1.14. The number of ether oxygens (including phenoxy) is 1. The molecule has 0 fully saturated rings. The number of hydrogen-bond donors (Lipinski definition) is 1. The molecular formula is C11H8F2N2O. The van der Waals surface area contributed by atoms with Crippen molar-refractivity contribution >= 4 is 5.69 Å². The molecule has 0 saturated carbocycles. The van der Waals surface area contributed by atoms with Crippen LogP contribution in [0.2, 0.25) is 0 Å². The van der Waals surface area contributed by atoms with Crippen LogP contribution in [-0.2, 0) is 0 Å². The van der Waals surface area contributed by atoms with Crippen LogP contribution in [0.3, 0.4) is 0 Å². The lowest BCUT2D eigenvalue weighted by atomic mass is 10.3. The minimum Gasteiger partial charge on any atom is -0.436 e. The smallest absolute Gasteiger partial charge is 0.219 e. The first kappa shape index (κ1) is 10.4. The van der Waals surface area contributed by atoms with E-state index in [2.05, 4.69) is 4.98 Å². The Labute approximate surface area is 90.5 Å². The Morgan fingerprint density at radius 3 is 2.56 bits per heavy atom. The molecule has 0 aliphatic rings. The van der Waals surface area contributed by atoms with Gasteiger partial charge in [0.15, 0.2) is 11.6 Å². The molecule has 0 bridgehead atoms. The highest BCUT2D eigenvalue weighted by atomic mass is 19.1. The molecule has 82 valence electrons. The van der Waals surface area contributed by atoms with Crippen LogP contribution in [-0.4, -0.2) is 4.98 Å². The molecule has 0 amide bonds. The van der Waals surface area contributed by atoms with E-state index < -0.39 is 11.6 Å². The van der Waals surface area contributed by atoms with Crippen LogP contribution in [0, 0.1) is 11.6 Å². The van der Waals surface area contributed by atoms with Crippen molar-refractivity contribution in [3.63, 3.8) is 0 Å². The number of hydrogen-bond acceptors (Lipinski definition) is 3. The summed E-state index contributed by atoms with van der Waals surface area (Å²) in [4.78, 5) is 3.64. The van der Waals surface area contributed by atoms with E-state index in [4.69, 9.17) is 10.5 Å². The van der Waals surface area contributed by atoms with E-state index in [0.29, 0.717) is 5.69 Å². The molecule has 3 nitrogen and oxygen atoms in total. The van der Waals surface area contributed by atoms with Gasteiger partial charge >= 0.3 is 0 Å². The van der Waals surface area contributed by atoms with E-state index in [1.54, 1.807) is 0 Å². The standard InChI is InChI=1S/C11H8F2N2O/c12-7-1-4-11(15-6-7)16-10-3-2-8(14)5-9(10)13/h1-6H,14H2. The van der Waals surface area contributed by atoms with Gasteiger partial charge in [0.1, 0.15) is 5.82 Å². The summed E-state index contributed by atoms with van der Waals surface area (Å²) in [6.07, 6.45) is 0.991. The van der Waals surface area contributed by atoms with Crippen LogP contribution in [0.1, 0.15) is 0 Å². The van der Waals surface area contributed by atoms with Gasteiger partial charge in [-0.25, -0.2) is 13.8 Å². The Morgan fingerprint density at radius 2 is 1.94 bits per heavy atom. The van der Waals surface area contributed by atoms with Crippen LogP contribution in [0.15, 0.2) is 36.5 Å². The Balaban J connectivity index is 2.23. The van der Waals surface area contributed by atoms with Crippen molar-refractivity contribution in [1.82, 2.24) is 4.98 Å². The monoisotopic (exact) mass is 222 g/mol. The van der Waals surface area contributed by atoms with Gasteiger partial charge in [-0.2, -0.15) is 0 Å². The molecule has 2 N–H and O–H groups in total. The number of anilines is 1. The third-order valence-electron chi connectivity index (χ3n) is 1.87. The number of nitrogen functional groups attached to an aromatic ring is 1. The lowest BCUT2D eigenvalue weighted by molar-refractivity contribution is 0.425. The summed E-state index contributed by atoms with van der Waals surface area (Å²) in [6.45, 7) is 0. The number of nitrogens with zero attached hydrogens (tertiary/aromatic N) is 1. The first-order valence-corrected chi connectivity index (χ1v) is 4.49. The van der Waals surface area contributed by atoms with E-state index in [1.165, 1.54) is 24.3 Å². The van der Waals surface area contributed by atoms with E-state index in [9.17, 15) is 8.78 Å². The zero-order valence-corrected chi connectivity index (χ0v) is 8.15. The Hall–Kier alpha value is -2.17. The van der Waals surface area contributed by atoms with Crippen LogP contribution < -0.4 is 10.5 Å². The fourth-order valence-corrected chi connectivity index (χ4v) is 1.14. The summed E-state index contributed by atoms with van der Waals surface area (Å²) < 4.78 is 31.0. The molecular weight excluding hydrogens is 214 g/mol. The number of rotatable bonds is 2. The van der Waals surface area contributed by atoms with Gasteiger partial charge in [0.25, 0.3) is 0 Å². The lowest BCUT2D eigenvalue weighted by Gasteiger charge is -2.05. The summed E-state index contributed by atoms with van der Waals surface area (Å²) in [5.41, 5.74) is 5.68. The van der Waals surface area contributed by atoms with Crippen molar-refractivity contribution in [2.24, 2.45) is 0 Å². The highest BCUT2D eigenvalue weighted by molar-refractivity contribution is 5.43. The molecule has 2 aromatic rings. The quantitative estimate of drug-likeness (QED) is 0.795. The zero-order valence-electron chi connectivity index (χ0n) is 8.15. The molecule has 0 aliphatic carbocycles. The summed E-state index contributed by atoms with van der Waals surface area (Å²) in [6, 6.07) is 6.51. The summed E-state index contributed by atoms with van der Waals surface area (Å²) >= 11 is 0. The minimum absolute atomic E-state index is 0.00620. The van der Waals surface area contributed by atoms with Crippen molar-refractivity contribution in [2.75, 3.05) is 5.73 Å². The maximum absolute atomic E-state index is 13.3. The van der Waals surface area contributed by atoms with Gasteiger partial charge in [-0.05, 0) is 18.2 Å². The topological polar surface area (TPSA) is 48.1 Å². The van der Waals surface area contributed by atoms with Crippen LogP contribution in [0.5, 0.6) is 11.6 Å². The van der Waals surface area contributed by atoms with Gasteiger partial charge in [-0.1, -0.05) is 0 Å². The van der Waals surface area contributed by atoms with E-state index in [1.807, 2.05) is 0 Å². The van der Waals surface area contributed by atoms with E-state index in [0.717, 1.165) is 12.3 Å². The van der Waals surface area contributed by atoms with Crippen LogP contribution >= 0.6 is 0 Å². The van der Waals surface area contributed by atoms with Crippen LogP contribution in [0.4, 0.5) is 14.5 Å². The molecule has 1 aromatic carbocycles. The van der Waals surface area contributed by atoms with Gasteiger partial charge in [0.05, 0.1) is 6.20 Å². The van der Waals surface area contributed by atoms with E-state index >= 15 is 0 Å². The number of aromatic nitrogens is 1. The SMILES string of the molecule is Nc1ccc(Oc2ccc(F)cn2)c(F)c1. The first-order chi connectivity index (χ1) is 7.65. The zero-order chi connectivity index (χ0) is 11.5. The van der Waals surface area contributed by atoms with Crippen LogP contribution in [0.25, 0.3) is 0 Å². The summed E-state index contributed by atoms with van der Waals surface area (Å²) in [5.74, 6) is -0.963. The summed E-state index contributed by atoms with van der Waals surface area (Å²) in [5, 5.41) is 0. The van der Waals surface area contributed by atoms with Gasteiger partial charge < -0.3 is 10.5 Å². The molecule has 0 radical (unpaired) electrons. The van der Waals surface area contributed by atoms with Gasteiger partial charge in [-0.15, -0.1) is 0 Å². The Bertz CT molecular complexity index is 500. The molecule has 0 saturated heterocycles. The molecule has 1 heterocycles. The predicted octanol–water partition coefficient (Wildman–Crippen LogP) is 2.73. The number of nitrogens with two attached hydrogens (primary N) is 1. The second-order valence-electron chi connectivity index (χ2n) is 3.11. The highest BCUT2D eigenvalue weighted by Gasteiger charge is 2.05. The van der Waals surface area contributed by atoms with Crippen molar-refractivity contribution in [2.45, 2.75) is 0 Å². The third kappa shape index (κ3) is 2.25. The molecule has 0 unspecified atom stereocenters. The Kier molecular flexibility index (Phi) is 2.68. The van der Waals surface area contributed by atoms with Gasteiger partial charge in [-0.3, -0.25) is 0 Å². The minimum atomic E-state index is -0.592. The maximum atomic E-state index is 13.3. The molecule has 2 rings (SSSR count). The molecule has 0 atom stereocenters. The highest BCUT2D eigenvalue weighted by Crippen LogP contribution is 2.24. The van der Waals surface area contributed by atoms with Crippen molar-refractivity contribution in [3.8, 4) is 11.6 Å². The molecule has 16 heavy (non-hydrogen) atoms. The average Bonchev–Trinajstić information content (AvgIpc) is 2.25. The number of halogens is 2. The van der Waals surface area contributed by atoms with Gasteiger partial charge in [0.2, 0.25) is 5.88 Å². The first-order valence-electron chi connectivity index (χ1n) is 4.49. The molecule has 0 aliphatic heterocycles. The van der Waals surface area contributed by atoms with Gasteiger partial charge in [0, 0.05) is 17.8 Å². The summed E-state index contributed by atoms with van der Waals surface area (Å²) in [7, 11) is 0. The molecule has 1 aromatic heterocycles. The van der Waals surface area contributed by atoms with Crippen molar-refractivity contribution in [1.29, 1.82) is 0 Å². The fraction of sp³-hybridized carbons (Fsp3) is 0. The van der Waals surface area contributed by atoms with E-state index in [-0.39, 0.29) is 11.6 Å². The molecule has 5 heteroatoms. The maximum Gasteiger partial charge on any atom is 0.219 e. The van der Waals surface area contributed by atoms with Crippen molar-refractivity contribution < 1.29 is 13.5 Å². The number of benzene rings is 1. The van der Waals surface area contributed by atoms with Crippen molar-refractivity contribution in [3.05, 3.63) is 48.2 Å². The predicted molar refractivity (Wildman–Crippen MR) is 55.1 cm³/mol. The number of pyridine rings is 1. The second kappa shape index (κ2) is 4.14. The normalized spacial score (nSPS) is 10.1. The Morgan fingerprint density at radius 1 is 1.12 bits per heavy atom.